The van der Waals surface area contributed by atoms with Gasteiger partial charge in [0.1, 0.15) is 5.75 Å². The van der Waals surface area contributed by atoms with E-state index in [0.29, 0.717) is 17.4 Å². The summed E-state index contributed by atoms with van der Waals surface area (Å²) in [5.74, 6) is 1.01. The maximum absolute atomic E-state index is 8.46. The van der Waals surface area contributed by atoms with E-state index < -0.39 is 0 Å². The molecule has 0 atom stereocenters. The summed E-state index contributed by atoms with van der Waals surface area (Å²) in [6.45, 7) is 6.13. The van der Waals surface area contributed by atoms with Gasteiger partial charge in [-0.1, -0.05) is 30.6 Å². The second-order valence-corrected chi connectivity index (χ2v) is 3.75. The lowest BCUT2D eigenvalue weighted by Gasteiger charge is -2.14. The Morgan fingerprint density at radius 1 is 1.40 bits per heavy atom. The predicted octanol–water partition coefficient (Wildman–Crippen LogP) is 4.07. The van der Waals surface area contributed by atoms with Crippen molar-refractivity contribution in [3.63, 3.8) is 0 Å². The van der Waals surface area contributed by atoms with E-state index in [1.807, 2.05) is 13.0 Å². The molecule has 0 unspecified atom stereocenters. The van der Waals surface area contributed by atoms with Crippen LogP contribution in [0.3, 0.4) is 0 Å². The fraction of sp³-hybridized carbons (Fsp3) is 0.455. The van der Waals surface area contributed by atoms with E-state index in [-0.39, 0.29) is 0 Å². The number of hydrogen-bond acceptors (Lipinski definition) is 2. The summed E-state index contributed by atoms with van der Waals surface area (Å²) in [5.41, 5.74) is 11.2. The number of nitrogens with zero attached hydrogens (tertiary/aromatic N) is 3. The molecule has 0 aliphatic heterocycles. The Hall–Kier alpha value is -1.67. The Balaban J connectivity index is 3.44. The monoisotopic (exact) mass is 205 g/mol. The van der Waals surface area contributed by atoms with Crippen molar-refractivity contribution in [3.05, 3.63) is 33.7 Å². The second kappa shape index (κ2) is 4.71. The molecule has 0 amide bonds. The molecule has 1 aromatic carbocycles. The second-order valence-electron chi connectivity index (χ2n) is 3.75. The lowest BCUT2D eigenvalue weighted by Crippen LogP contribution is -1.95. The summed E-state index contributed by atoms with van der Waals surface area (Å²) in [6.07, 6.45) is 0. The van der Waals surface area contributed by atoms with Crippen molar-refractivity contribution >= 4 is 5.69 Å². The maximum atomic E-state index is 8.46. The highest BCUT2D eigenvalue weighted by Gasteiger charge is 2.11. The third-order valence-corrected chi connectivity index (χ3v) is 2.22. The van der Waals surface area contributed by atoms with E-state index >= 15 is 0 Å². The highest BCUT2D eigenvalue weighted by atomic mass is 16.5. The smallest absolute Gasteiger partial charge is 0.131 e. The van der Waals surface area contributed by atoms with Gasteiger partial charge in [0.05, 0.1) is 12.8 Å². The van der Waals surface area contributed by atoms with Crippen LogP contribution in [-0.2, 0) is 0 Å². The van der Waals surface area contributed by atoms with E-state index in [1.54, 1.807) is 7.11 Å². The lowest BCUT2D eigenvalue weighted by atomic mass is 9.99. The first-order chi connectivity index (χ1) is 7.10. The minimum atomic E-state index is 0.340. The summed E-state index contributed by atoms with van der Waals surface area (Å²) in [7, 11) is 1.59. The molecule has 1 aromatic rings. The van der Waals surface area contributed by atoms with E-state index in [4.69, 9.17) is 10.3 Å². The predicted molar refractivity (Wildman–Crippen MR) is 60.6 cm³/mol. The van der Waals surface area contributed by atoms with Crippen LogP contribution in [0.1, 0.15) is 30.9 Å². The minimum absolute atomic E-state index is 0.340. The SMILES string of the molecule is COc1c(N=[N+]=[N-])cc(C)cc1C(C)C. The molecule has 0 bridgehead atoms. The average Bonchev–Trinajstić information content (AvgIpc) is 2.17. The number of benzene rings is 1. The van der Waals surface area contributed by atoms with Crippen LogP contribution in [0.15, 0.2) is 17.2 Å². The number of aryl methyl sites for hydroxylation is 1. The molecule has 80 valence electrons. The molecular formula is C11H15N3O. The molecule has 4 nitrogen and oxygen atoms in total. The maximum Gasteiger partial charge on any atom is 0.131 e. The molecule has 0 heterocycles. The molecule has 4 heteroatoms. The van der Waals surface area contributed by atoms with E-state index in [9.17, 15) is 0 Å². The number of hydrogen-bond donors (Lipinski definition) is 0. The first-order valence-electron chi connectivity index (χ1n) is 4.83. The molecule has 0 aromatic heterocycles. The molecular weight excluding hydrogens is 190 g/mol. The average molecular weight is 205 g/mol. The largest absolute Gasteiger partial charge is 0.496 e. The quantitative estimate of drug-likeness (QED) is 0.417. The van der Waals surface area contributed by atoms with Gasteiger partial charge >= 0.3 is 0 Å². The van der Waals surface area contributed by atoms with Crippen LogP contribution in [0.25, 0.3) is 10.4 Å². The van der Waals surface area contributed by atoms with Gasteiger partial charge in [-0.25, -0.2) is 0 Å². The van der Waals surface area contributed by atoms with Gasteiger partial charge in [0, 0.05) is 4.91 Å². The zero-order chi connectivity index (χ0) is 11.4. The van der Waals surface area contributed by atoms with E-state index in [1.165, 1.54) is 0 Å². The zero-order valence-electron chi connectivity index (χ0n) is 9.48. The van der Waals surface area contributed by atoms with Crippen LogP contribution in [0.4, 0.5) is 5.69 Å². The Morgan fingerprint density at radius 2 is 2.07 bits per heavy atom. The Labute approximate surface area is 89.5 Å². The Kier molecular flexibility index (Phi) is 3.58. The number of methoxy groups -OCH3 is 1. The van der Waals surface area contributed by atoms with Gasteiger partial charge < -0.3 is 4.74 Å². The molecule has 1 rings (SSSR count). The summed E-state index contributed by atoms with van der Waals surface area (Å²) in [4.78, 5) is 2.80. The summed E-state index contributed by atoms with van der Waals surface area (Å²) >= 11 is 0. The number of rotatable bonds is 3. The Bertz CT molecular complexity index is 407. The third-order valence-electron chi connectivity index (χ3n) is 2.22. The zero-order valence-corrected chi connectivity index (χ0v) is 9.48. The summed E-state index contributed by atoms with van der Waals surface area (Å²) in [5, 5.41) is 3.64. The number of ether oxygens (including phenoxy) is 1. The highest BCUT2D eigenvalue weighted by molar-refractivity contribution is 5.59. The normalized spacial score (nSPS) is 9.93. The molecule has 0 saturated carbocycles. The first kappa shape index (κ1) is 11.4. The van der Waals surface area contributed by atoms with E-state index in [0.717, 1.165) is 11.1 Å². The summed E-state index contributed by atoms with van der Waals surface area (Å²) in [6, 6.07) is 3.88. The fourth-order valence-electron chi connectivity index (χ4n) is 1.56. The first-order valence-corrected chi connectivity index (χ1v) is 4.83. The van der Waals surface area contributed by atoms with Crippen molar-refractivity contribution in [2.45, 2.75) is 26.7 Å². The molecule has 0 saturated heterocycles. The molecule has 0 N–H and O–H groups in total. The Morgan fingerprint density at radius 3 is 2.53 bits per heavy atom. The van der Waals surface area contributed by atoms with Crippen LogP contribution in [0.2, 0.25) is 0 Å². The molecule has 15 heavy (non-hydrogen) atoms. The third kappa shape index (κ3) is 2.42. The molecule has 0 aliphatic carbocycles. The molecule has 0 radical (unpaired) electrons. The molecule has 0 spiro atoms. The van der Waals surface area contributed by atoms with Gasteiger partial charge in [-0.05, 0) is 30.0 Å². The molecule has 0 fully saturated rings. The van der Waals surface area contributed by atoms with Crippen LogP contribution in [0, 0.1) is 6.92 Å². The topological polar surface area (TPSA) is 58.0 Å². The van der Waals surface area contributed by atoms with Crippen molar-refractivity contribution in [1.29, 1.82) is 0 Å². The van der Waals surface area contributed by atoms with Gasteiger partial charge in [-0.15, -0.1) is 0 Å². The van der Waals surface area contributed by atoms with Crippen molar-refractivity contribution in [2.24, 2.45) is 5.11 Å². The van der Waals surface area contributed by atoms with E-state index in [2.05, 4.69) is 29.9 Å². The number of azide groups is 1. The van der Waals surface area contributed by atoms with Crippen LogP contribution in [0.5, 0.6) is 5.75 Å². The highest BCUT2D eigenvalue weighted by Crippen LogP contribution is 2.36. The molecule has 0 aliphatic rings. The van der Waals surface area contributed by atoms with Gasteiger partial charge in [-0.3, -0.25) is 0 Å². The van der Waals surface area contributed by atoms with Crippen molar-refractivity contribution < 1.29 is 4.74 Å². The standard InChI is InChI=1S/C11H15N3O/c1-7(2)9-5-8(3)6-10(13-14-12)11(9)15-4/h5-7H,1-4H3. The summed E-state index contributed by atoms with van der Waals surface area (Å²) < 4.78 is 5.28. The minimum Gasteiger partial charge on any atom is -0.496 e. The van der Waals surface area contributed by atoms with Crippen LogP contribution in [-0.4, -0.2) is 7.11 Å². The van der Waals surface area contributed by atoms with Crippen molar-refractivity contribution in [2.75, 3.05) is 7.11 Å². The lowest BCUT2D eigenvalue weighted by molar-refractivity contribution is 0.409. The van der Waals surface area contributed by atoms with Gasteiger partial charge in [0.2, 0.25) is 0 Å². The fourth-order valence-corrected chi connectivity index (χ4v) is 1.56. The van der Waals surface area contributed by atoms with Gasteiger partial charge in [0.25, 0.3) is 0 Å². The van der Waals surface area contributed by atoms with Crippen molar-refractivity contribution in [3.8, 4) is 5.75 Å². The van der Waals surface area contributed by atoms with Gasteiger partial charge in [-0.2, -0.15) is 0 Å². The van der Waals surface area contributed by atoms with Crippen molar-refractivity contribution in [1.82, 2.24) is 0 Å². The van der Waals surface area contributed by atoms with Crippen LogP contribution >= 0.6 is 0 Å². The van der Waals surface area contributed by atoms with Crippen LogP contribution < -0.4 is 4.74 Å². The van der Waals surface area contributed by atoms with Gasteiger partial charge in [0.15, 0.2) is 0 Å².